The summed E-state index contributed by atoms with van der Waals surface area (Å²) in [4.78, 5) is 17.3. The molecule has 0 fully saturated rings. The van der Waals surface area contributed by atoms with Crippen LogP contribution in [0.1, 0.15) is 0 Å². The number of hydrogen-bond acceptors (Lipinski definition) is 7. The van der Waals surface area contributed by atoms with Gasteiger partial charge in [-0.3, -0.25) is 14.5 Å². The molecule has 10 heteroatoms. The normalized spacial score (nSPS) is 11.1. The van der Waals surface area contributed by atoms with Gasteiger partial charge in [-0.1, -0.05) is 35.5 Å². The lowest BCUT2D eigenvalue weighted by atomic mass is 10.2. The fraction of sp³-hybridized carbons (Fsp3) is 0. The van der Waals surface area contributed by atoms with Crippen molar-refractivity contribution >= 4 is 34.5 Å². The van der Waals surface area contributed by atoms with E-state index in [-0.39, 0.29) is 5.56 Å². The van der Waals surface area contributed by atoms with Crippen molar-refractivity contribution in [1.29, 1.82) is 0 Å². The van der Waals surface area contributed by atoms with Gasteiger partial charge in [0.15, 0.2) is 10.6 Å². The third-order valence-electron chi connectivity index (χ3n) is 4.16. The van der Waals surface area contributed by atoms with Crippen molar-refractivity contribution in [2.45, 2.75) is 0 Å². The van der Waals surface area contributed by atoms with Gasteiger partial charge in [0.2, 0.25) is 5.13 Å². The van der Waals surface area contributed by atoms with E-state index in [1.165, 1.54) is 16.0 Å². The average Bonchev–Trinajstić information content (AvgIpc) is 3.36. The molecule has 0 aliphatic heterocycles. The standard InChI is InChI=1S/C18H11N7OS2/c26-16-12-8-4-5-9-13(12)20-23-25(16)18-19-14(10-28-18)15-21-22-17(27)24(15)11-6-2-1-3-7-11/h1-10H,(H,22,27). The lowest BCUT2D eigenvalue weighted by molar-refractivity contribution is 0.733. The summed E-state index contributed by atoms with van der Waals surface area (Å²) in [6, 6.07) is 16.7. The number of benzene rings is 2. The highest BCUT2D eigenvalue weighted by Gasteiger charge is 2.16. The molecule has 0 bridgehead atoms. The van der Waals surface area contributed by atoms with Crippen LogP contribution in [0.4, 0.5) is 0 Å². The first-order valence-electron chi connectivity index (χ1n) is 8.26. The summed E-state index contributed by atoms with van der Waals surface area (Å²) in [5.74, 6) is 0.556. The van der Waals surface area contributed by atoms with Crippen LogP contribution in [-0.2, 0) is 0 Å². The van der Waals surface area contributed by atoms with Crippen molar-refractivity contribution in [2.75, 3.05) is 0 Å². The Morgan fingerprint density at radius 1 is 1.04 bits per heavy atom. The Labute approximate surface area is 166 Å². The summed E-state index contributed by atoms with van der Waals surface area (Å²) in [5, 5.41) is 17.9. The molecule has 2 aromatic carbocycles. The third-order valence-corrected chi connectivity index (χ3v) is 5.25. The first kappa shape index (κ1) is 16.7. The SMILES string of the molecule is O=c1c2ccccc2nnn1-c1nc(-c2n[nH]c(=S)n2-c2ccccc2)cs1. The monoisotopic (exact) mass is 405 g/mol. The molecule has 8 nitrogen and oxygen atoms in total. The van der Waals surface area contributed by atoms with Gasteiger partial charge in [0.05, 0.1) is 11.1 Å². The minimum Gasteiger partial charge on any atom is -0.267 e. The molecule has 0 saturated carbocycles. The highest BCUT2D eigenvalue weighted by Crippen LogP contribution is 2.24. The van der Waals surface area contributed by atoms with Crippen molar-refractivity contribution in [1.82, 2.24) is 34.7 Å². The fourth-order valence-corrected chi connectivity index (χ4v) is 3.85. The van der Waals surface area contributed by atoms with Gasteiger partial charge in [-0.05, 0) is 36.5 Å². The van der Waals surface area contributed by atoms with Crippen molar-refractivity contribution in [3.05, 3.63) is 75.1 Å². The van der Waals surface area contributed by atoms with Crippen LogP contribution in [0.5, 0.6) is 0 Å². The number of para-hydroxylation sites is 1. The summed E-state index contributed by atoms with van der Waals surface area (Å²) >= 11 is 6.65. The summed E-state index contributed by atoms with van der Waals surface area (Å²) < 4.78 is 3.45. The first-order chi connectivity index (χ1) is 13.7. The lowest BCUT2D eigenvalue weighted by Crippen LogP contribution is -2.22. The minimum atomic E-state index is -0.270. The molecule has 3 heterocycles. The minimum absolute atomic E-state index is 0.270. The molecule has 0 radical (unpaired) electrons. The topological polar surface area (TPSA) is 94.3 Å². The van der Waals surface area contributed by atoms with Crippen molar-refractivity contribution in [3.8, 4) is 22.3 Å². The molecule has 0 saturated heterocycles. The summed E-state index contributed by atoms with van der Waals surface area (Å²) in [6.45, 7) is 0. The van der Waals surface area contributed by atoms with Crippen molar-refractivity contribution in [3.63, 3.8) is 0 Å². The molecule has 3 aromatic heterocycles. The van der Waals surface area contributed by atoms with E-state index in [9.17, 15) is 4.79 Å². The molecule has 5 rings (SSSR count). The number of H-pyrrole nitrogens is 1. The van der Waals surface area contributed by atoms with Gasteiger partial charge in [-0.2, -0.15) is 5.10 Å². The maximum atomic E-state index is 12.8. The van der Waals surface area contributed by atoms with Gasteiger partial charge in [0, 0.05) is 5.38 Å². The predicted octanol–water partition coefficient (Wildman–Crippen LogP) is 3.15. The Morgan fingerprint density at radius 3 is 2.68 bits per heavy atom. The number of thiazole rings is 1. The molecule has 1 N–H and O–H groups in total. The van der Waals surface area contributed by atoms with E-state index in [0.717, 1.165) is 5.69 Å². The summed E-state index contributed by atoms with van der Waals surface area (Å²) in [6.07, 6.45) is 0. The Hall–Kier alpha value is -3.50. The number of hydrogen-bond donors (Lipinski definition) is 1. The van der Waals surface area contributed by atoms with Crippen LogP contribution in [0.2, 0.25) is 0 Å². The molecule has 28 heavy (non-hydrogen) atoms. The van der Waals surface area contributed by atoms with Crippen LogP contribution in [0.3, 0.4) is 0 Å². The predicted molar refractivity (Wildman–Crippen MR) is 109 cm³/mol. The van der Waals surface area contributed by atoms with E-state index in [1.54, 1.807) is 22.8 Å². The number of aromatic nitrogens is 7. The zero-order valence-electron chi connectivity index (χ0n) is 14.2. The van der Waals surface area contributed by atoms with Crippen molar-refractivity contribution in [2.24, 2.45) is 0 Å². The van der Waals surface area contributed by atoms with Gasteiger partial charge in [0.1, 0.15) is 11.2 Å². The Bertz CT molecular complexity index is 1420. The first-order valence-corrected chi connectivity index (χ1v) is 9.55. The summed E-state index contributed by atoms with van der Waals surface area (Å²) in [5.41, 5.74) is 1.73. The van der Waals surface area contributed by atoms with Crippen LogP contribution in [0.15, 0.2) is 64.8 Å². The molecule has 0 unspecified atom stereocenters. The number of nitrogens with zero attached hydrogens (tertiary/aromatic N) is 6. The number of fused-ring (bicyclic) bond motifs is 1. The Kier molecular flexibility index (Phi) is 3.92. The summed E-state index contributed by atoms with van der Waals surface area (Å²) in [7, 11) is 0. The van der Waals surface area contributed by atoms with Crippen LogP contribution in [0.25, 0.3) is 33.2 Å². The molecule has 5 aromatic rings. The Balaban J connectivity index is 1.64. The van der Waals surface area contributed by atoms with Crippen molar-refractivity contribution < 1.29 is 0 Å². The highest BCUT2D eigenvalue weighted by molar-refractivity contribution is 7.71. The van der Waals surface area contributed by atoms with Crippen LogP contribution in [0, 0.1) is 4.77 Å². The Morgan fingerprint density at radius 2 is 1.82 bits per heavy atom. The number of nitrogens with one attached hydrogen (secondary N) is 1. The molecule has 0 amide bonds. The maximum absolute atomic E-state index is 12.8. The zero-order chi connectivity index (χ0) is 19.1. The second-order valence-electron chi connectivity index (χ2n) is 5.86. The maximum Gasteiger partial charge on any atom is 0.284 e. The molecular weight excluding hydrogens is 394 g/mol. The highest BCUT2D eigenvalue weighted by atomic mass is 32.1. The molecule has 0 aliphatic carbocycles. The molecular formula is C18H11N7OS2. The van der Waals surface area contributed by atoms with E-state index >= 15 is 0 Å². The molecule has 0 aliphatic rings. The van der Waals surface area contributed by atoms with Crippen LogP contribution < -0.4 is 5.56 Å². The van der Waals surface area contributed by atoms with Gasteiger partial charge in [-0.25, -0.2) is 4.98 Å². The smallest absolute Gasteiger partial charge is 0.267 e. The lowest BCUT2D eigenvalue weighted by Gasteiger charge is -2.04. The second kappa shape index (κ2) is 6.59. The third kappa shape index (κ3) is 2.66. The zero-order valence-corrected chi connectivity index (χ0v) is 15.8. The van der Waals surface area contributed by atoms with E-state index in [1.807, 2.05) is 41.8 Å². The fourth-order valence-electron chi connectivity index (χ4n) is 2.86. The van der Waals surface area contributed by atoms with E-state index in [4.69, 9.17) is 12.2 Å². The van der Waals surface area contributed by atoms with E-state index in [0.29, 0.717) is 32.3 Å². The van der Waals surface area contributed by atoms with Crippen LogP contribution >= 0.6 is 23.6 Å². The largest absolute Gasteiger partial charge is 0.284 e. The molecule has 0 spiro atoms. The van der Waals surface area contributed by atoms with Gasteiger partial charge in [0.25, 0.3) is 5.56 Å². The quantitative estimate of drug-likeness (QED) is 0.464. The van der Waals surface area contributed by atoms with E-state index in [2.05, 4.69) is 25.5 Å². The number of aromatic amines is 1. The van der Waals surface area contributed by atoms with Gasteiger partial charge in [-0.15, -0.1) is 21.1 Å². The molecule has 0 atom stereocenters. The van der Waals surface area contributed by atoms with E-state index < -0.39 is 0 Å². The average molecular weight is 405 g/mol. The molecule has 136 valence electrons. The van der Waals surface area contributed by atoms with Gasteiger partial charge >= 0.3 is 0 Å². The van der Waals surface area contributed by atoms with Gasteiger partial charge < -0.3 is 0 Å². The van der Waals surface area contributed by atoms with Crippen LogP contribution in [-0.4, -0.2) is 34.7 Å². The number of rotatable bonds is 3. The second-order valence-corrected chi connectivity index (χ2v) is 7.09.